The number of aromatic carboxylic acids is 1. The lowest BCUT2D eigenvalue weighted by atomic mass is 10.2. The molecule has 0 heterocycles. The largest absolute Gasteiger partial charge is 0.478 e. The Morgan fingerprint density at radius 2 is 2.06 bits per heavy atom. The molecule has 92 valence electrons. The fourth-order valence-corrected chi connectivity index (χ4v) is 2.14. The van der Waals surface area contributed by atoms with E-state index in [1.54, 1.807) is 20.2 Å². The van der Waals surface area contributed by atoms with Crippen LogP contribution in [-0.2, 0) is 4.79 Å². The summed E-state index contributed by atoms with van der Waals surface area (Å²) < 4.78 is 0. The Kier molecular flexibility index (Phi) is 4.84. The van der Waals surface area contributed by atoms with Crippen LogP contribution >= 0.6 is 23.4 Å². The highest BCUT2D eigenvalue weighted by Gasteiger charge is 2.11. The van der Waals surface area contributed by atoms with Crippen molar-refractivity contribution in [3.8, 4) is 0 Å². The predicted molar refractivity (Wildman–Crippen MR) is 67.8 cm³/mol. The smallest absolute Gasteiger partial charge is 0.337 e. The second-order valence-corrected chi connectivity index (χ2v) is 4.98. The summed E-state index contributed by atoms with van der Waals surface area (Å²) in [6.07, 6.45) is 0. The topological polar surface area (TPSA) is 57.6 Å². The molecule has 0 aromatic heterocycles. The van der Waals surface area contributed by atoms with Crippen molar-refractivity contribution < 1.29 is 14.7 Å². The number of carboxylic acid groups (broad SMARTS) is 1. The monoisotopic (exact) mass is 273 g/mol. The fourth-order valence-electron chi connectivity index (χ4n) is 1.03. The molecule has 0 saturated heterocycles. The first-order valence-electron chi connectivity index (χ1n) is 4.77. The van der Waals surface area contributed by atoms with Gasteiger partial charge in [0.2, 0.25) is 5.91 Å². The summed E-state index contributed by atoms with van der Waals surface area (Å²) in [6, 6.07) is 4.69. The number of nitrogens with zero attached hydrogens (tertiary/aromatic N) is 1. The van der Waals surface area contributed by atoms with Crippen LogP contribution in [-0.4, -0.2) is 41.7 Å². The molecule has 0 aliphatic rings. The molecule has 0 fully saturated rings. The zero-order valence-electron chi connectivity index (χ0n) is 9.44. The highest BCUT2D eigenvalue weighted by atomic mass is 35.5. The van der Waals surface area contributed by atoms with Gasteiger partial charge in [-0.05, 0) is 18.2 Å². The number of rotatable bonds is 4. The molecule has 1 aromatic carbocycles. The average molecular weight is 274 g/mol. The predicted octanol–water partition coefficient (Wildman–Crippen LogP) is 2.22. The molecule has 0 atom stereocenters. The summed E-state index contributed by atoms with van der Waals surface area (Å²) in [7, 11) is 3.35. The first kappa shape index (κ1) is 13.9. The Hall–Kier alpha value is -1.20. The number of thioether (sulfide) groups is 1. The van der Waals surface area contributed by atoms with Gasteiger partial charge in [0.25, 0.3) is 0 Å². The van der Waals surface area contributed by atoms with Crippen LogP contribution in [0.25, 0.3) is 0 Å². The third-order valence-corrected chi connectivity index (χ3v) is 3.34. The molecule has 17 heavy (non-hydrogen) atoms. The molecular weight excluding hydrogens is 262 g/mol. The van der Waals surface area contributed by atoms with Crippen molar-refractivity contribution >= 4 is 35.2 Å². The van der Waals surface area contributed by atoms with Crippen molar-refractivity contribution in [3.63, 3.8) is 0 Å². The molecule has 0 unspecified atom stereocenters. The Balaban J connectivity index is 2.76. The van der Waals surface area contributed by atoms with Gasteiger partial charge in [-0.15, -0.1) is 11.8 Å². The number of carbonyl (C=O) groups excluding carboxylic acids is 1. The van der Waals surface area contributed by atoms with Gasteiger partial charge in [0.1, 0.15) is 0 Å². The van der Waals surface area contributed by atoms with E-state index < -0.39 is 5.97 Å². The lowest BCUT2D eigenvalue weighted by molar-refractivity contribution is -0.125. The van der Waals surface area contributed by atoms with Gasteiger partial charge in [-0.25, -0.2) is 4.79 Å². The number of benzene rings is 1. The summed E-state index contributed by atoms with van der Waals surface area (Å²) in [6.45, 7) is 0. The van der Waals surface area contributed by atoms with Crippen LogP contribution in [0.5, 0.6) is 0 Å². The molecular formula is C11H12ClNO3S. The number of hydrogen-bond donors (Lipinski definition) is 1. The Labute approximate surface area is 109 Å². The van der Waals surface area contributed by atoms with Gasteiger partial charge < -0.3 is 10.0 Å². The minimum absolute atomic E-state index is 0.0261. The summed E-state index contributed by atoms with van der Waals surface area (Å²) in [5.74, 6) is -0.827. The first-order valence-corrected chi connectivity index (χ1v) is 6.14. The second-order valence-electron chi connectivity index (χ2n) is 3.52. The van der Waals surface area contributed by atoms with Gasteiger partial charge in [-0.1, -0.05) is 11.6 Å². The third-order valence-electron chi connectivity index (χ3n) is 2.03. The Morgan fingerprint density at radius 1 is 1.41 bits per heavy atom. The molecule has 0 radical (unpaired) electrons. The minimum Gasteiger partial charge on any atom is -0.478 e. The van der Waals surface area contributed by atoms with Crippen LogP contribution in [0, 0.1) is 0 Å². The van der Waals surface area contributed by atoms with Crippen molar-refractivity contribution in [2.24, 2.45) is 0 Å². The molecule has 0 bridgehead atoms. The van der Waals surface area contributed by atoms with Gasteiger partial charge >= 0.3 is 5.97 Å². The average Bonchev–Trinajstić information content (AvgIpc) is 2.26. The van der Waals surface area contributed by atoms with Crippen LogP contribution in [0.3, 0.4) is 0 Å². The fraction of sp³-hybridized carbons (Fsp3) is 0.273. The van der Waals surface area contributed by atoms with E-state index in [1.807, 2.05) is 0 Å². The van der Waals surface area contributed by atoms with Gasteiger partial charge in [0.15, 0.2) is 0 Å². The summed E-state index contributed by atoms with van der Waals surface area (Å²) >= 11 is 7.02. The van der Waals surface area contributed by atoms with Gasteiger partial charge in [-0.3, -0.25) is 4.79 Å². The van der Waals surface area contributed by atoms with E-state index in [4.69, 9.17) is 16.7 Å². The zero-order chi connectivity index (χ0) is 13.0. The number of hydrogen-bond acceptors (Lipinski definition) is 3. The van der Waals surface area contributed by atoms with Crippen molar-refractivity contribution in [1.82, 2.24) is 4.90 Å². The van der Waals surface area contributed by atoms with Gasteiger partial charge in [0, 0.05) is 19.0 Å². The van der Waals surface area contributed by atoms with E-state index in [-0.39, 0.29) is 22.2 Å². The highest BCUT2D eigenvalue weighted by Crippen LogP contribution is 2.24. The molecule has 1 N–H and O–H groups in total. The van der Waals surface area contributed by atoms with Crippen LogP contribution in [0.15, 0.2) is 23.1 Å². The van der Waals surface area contributed by atoms with Crippen molar-refractivity contribution in [3.05, 3.63) is 28.8 Å². The second kappa shape index (κ2) is 5.93. The van der Waals surface area contributed by atoms with E-state index in [2.05, 4.69) is 0 Å². The van der Waals surface area contributed by atoms with E-state index >= 15 is 0 Å². The summed E-state index contributed by atoms with van der Waals surface area (Å²) in [4.78, 5) is 24.4. The van der Waals surface area contributed by atoms with Crippen LogP contribution in [0.1, 0.15) is 10.4 Å². The van der Waals surface area contributed by atoms with E-state index in [0.29, 0.717) is 4.90 Å². The van der Waals surface area contributed by atoms with E-state index in [9.17, 15) is 9.59 Å². The molecule has 0 spiro atoms. The molecule has 0 aliphatic carbocycles. The maximum absolute atomic E-state index is 11.4. The minimum atomic E-state index is -1.07. The van der Waals surface area contributed by atoms with Gasteiger partial charge in [-0.2, -0.15) is 0 Å². The van der Waals surface area contributed by atoms with Gasteiger partial charge in [0.05, 0.1) is 16.3 Å². The van der Waals surface area contributed by atoms with E-state index in [1.165, 1.54) is 28.8 Å². The van der Waals surface area contributed by atoms with E-state index in [0.717, 1.165) is 0 Å². The summed E-state index contributed by atoms with van der Waals surface area (Å²) in [5, 5.41) is 9.08. The number of halogens is 1. The van der Waals surface area contributed by atoms with Crippen molar-refractivity contribution in [1.29, 1.82) is 0 Å². The molecule has 1 amide bonds. The standard InChI is InChI=1S/C11H12ClNO3S/c1-13(2)10(14)6-17-7-3-4-9(12)8(5-7)11(15)16/h3-5H,6H2,1-2H3,(H,15,16). The molecule has 1 aromatic rings. The lowest BCUT2D eigenvalue weighted by Crippen LogP contribution is -2.23. The Morgan fingerprint density at radius 3 is 2.59 bits per heavy atom. The number of amides is 1. The SMILES string of the molecule is CN(C)C(=O)CSc1ccc(Cl)c(C(=O)O)c1. The lowest BCUT2D eigenvalue weighted by Gasteiger charge is -2.09. The highest BCUT2D eigenvalue weighted by molar-refractivity contribution is 8.00. The molecule has 1 rings (SSSR count). The Bertz CT molecular complexity index is 448. The summed E-state index contributed by atoms with van der Waals surface area (Å²) in [5.41, 5.74) is 0.0500. The third kappa shape index (κ3) is 3.94. The molecule has 0 aliphatic heterocycles. The number of carboxylic acids is 1. The molecule has 6 heteroatoms. The van der Waals surface area contributed by atoms with Crippen molar-refractivity contribution in [2.45, 2.75) is 4.90 Å². The normalized spacial score (nSPS) is 10.1. The quantitative estimate of drug-likeness (QED) is 0.855. The number of carbonyl (C=O) groups is 2. The van der Waals surface area contributed by atoms with Crippen LogP contribution in [0.2, 0.25) is 5.02 Å². The van der Waals surface area contributed by atoms with Crippen molar-refractivity contribution in [2.75, 3.05) is 19.8 Å². The van der Waals surface area contributed by atoms with Crippen LogP contribution in [0.4, 0.5) is 0 Å². The van der Waals surface area contributed by atoms with Crippen LogP contribution < -0.4 is 0 Å². The maximum Gasteiger partial charge on any atom is 0.337 e. The maximum atomic E-state index is 11.4. The molecule has 0 saturated carbocycles. The zero-order valence-corrected chi connectivity index (χ0v) is 11.0. The molecule has 4 nitrogen and oxygen atoms in total. The first-order chi connectivity index (χ1) is 7.91.